The van der Waals surface area contributed by atoms with Crippen LogP contribution < -0.4 is 10.2 Å². The number of carbonyl (C=O) groups excluding carboxylic acids is 2. The highest BCUT2D eigenvalue weighted by Crippen LogP contribution is 2.36. The summed E-state index contributed by atoms with van der Waals surface area (Å²) >= 11 is 6.43. The highest BCUT2D eigenvalue weighted by molar-refractivity contribution is 6.35. The van der Waals surface area contributed by atoms with Gasteiger partial charge in [-0.15, -0.1) is 11.6 Å². The number of likely N-dealkylation sites (N-methyl/N-ethyl adjacent to an activating group) is 1. The van der Waals surface area contributed by atoms with Crippen LogP contribution in [0.1, 0.15) is 24.2 Å². The molecule has 0 aliphatic carbocycles. The van der Waals surface area contributed by atoms with Crippen molar-refractivity contribution in [2.75, 3.05) is 18.5 Å². The van der Waals surface area contributed by atoms with Crippen LogP contribution in [0.5, 0.6) is 0 Å². The number of nitrogens with zero attached hydrogens (tertiary/aromatic N) is 3. The van der Waals surface area contributed by atoms with Gasteiger partial charge in [-0.1, -0.05) is 0 Å². The third-order valence-corrected chi connectivity index (χ3v) is 5.96. The van der Waals surface area contributed by atoms with Crippen molar-refractivity contribution in [2.45, 2.75) is 31.4 Å². The number of rotatable bonds is 6. The van der Waals surface area contributed by atoms with Crippen molar-refractivity contribution >= 4 is 40.1 Å². The van der Waals surface area contributed by atoms with Crippen LogP contribution in [0.15, 0.2) is 54.6 Å². The number of fused-ring (bicyclic) bond motifs is 1. The van der Waals surface area contributed by atoms with Crippen LogP contribution in [-0.4, -0.2) is 45.9 Å². The second-order valence-corrected chi connectivity index (χ2v) is 8.91. The Morgan fingerprint density at radius 3 is 2.71 bits per heavy atom. The fourth-order valence-electron chi connectivity index (χ4n) is 3.95. The van der Waals surface area contributed by atoms with E-state index < -0.39 is 28.5 Å². The predicted octanol–water partition coefficient (Wildman–Crippen LogP) is 4.01. The molecule has 7 nitrogen and oxygen atoms in total. The predicted molar refractivity (Wildman–Crippen MR) is 125 cm³/mol. The van der Waals surface area contributed by atoms with Crippen molar-refractivity contribution in [1.29, 1.82) is 0 Å². The fourth-order valence-corrected chi connectivity index (χ4v) is 4.18. The van der Waals surface area contributed by atoms with Crippen molar-refractivity contribution < 1.29 is 23.1 Å². The van der Waals surface area contributed by atoms with Crippen molar-refractivity contribution in [2.24, 2.45) is 0 Å². The van der Waals surface area contributed by atoms with E-state index in [9.17, 15) is 18.4 Å². The molecule has 4 rings (SSSR count). The first kappa shape index (κ1) is 23.8. The molecule has 1 aliphatic heterocycles. The smallest absolute Gasteiger partial charge is 0.253 e. The number of hydrogen-bond acceptors (Lipinski definition) is 5. The van der Waals surface area contributed by atoms with Gasteiger partial charge in [0, 0.05) is 17.3 Å². The molecule has 2 aromatic carbocycles. The Balaban J connectivity index is 1.61. The molecule has 3 aromatic rings. The van der Waals surface area contributed by atoms with Gasteiger partial charge in [-0.25, -0.2) is 13.8 Å². The number of hydrogen-bond donors (Lipinski definition) is 1. The van der Waals surface area contributed by atoms with Crippen LogP contribution in [0.4, 0.5) is 14.5 Å². The molecule has 1 unspecified atom stereocenters. The van der Waals surface area contributed by atoms with E-state index in [-0.39, 0.29) is 30.4 Å². The summed E-state index contributed by atoms with van der Waals surface area (Å²) in [4.78, 5) is 31.4. The molecule has 0 saturated carbocycles. The maximum atomic E-state index is 14.0. The molecule has 0 radical (unpaired) electrons. The lowest BCUT2D eigenvalue weighted by Crippen LogP contribution is -2.54. The highest BCUT2D eigenvalue weighted by Gasteiger charge is 2.42. The molecule has 0 bridgehead atoms. The molecule has 178 valence electrons. The highest BCUT2D eigenvalue weighted by atomic mass is 35.5. The van der Waals surface area contributed by atoms with Crippen LogP contribution in [0, 0.1) is 11.6 Å². The van der Waals surface area contributed by atoms with Gasteiger partial charge >= 0.3 is 0 Å². The Morgan fingerprint density at radius 1 is 1.24 bits per heavy atom. The van der Waals surface area contributed by atoms with Gasteiger partial charge in [-0.05, 0) is 57.3 Å². The number of halogens is 3. The Morgan fingerprint density at radius 2 is 2.00 bits per heavy atom. The first-order chi connectivity index (χ1) is 16.1. The fraction of sp³-hybridized carbons (Fsp3) is 0.292. The standard InChI is InChI=1S/C24H23ClF2N4O3/c1-24(2)10-20(34-12-14-4-5-15(26)8-17(14)27)22(25)23(33)31(24)16-6-7-19-18(9-16)29-13-30(19)21(32)11-28-3/h4-10,13,22,28H,11-12H2,1-3H3. The molecule has 1 N–H and O–H groups in total. The van der Waals surface area contributed by atoms with E-state index in [1.165, 1.54) is 21.9 Å². The number of aromatic nitrogens is 2. The molecule has 34 heavy (non-hydrogen) atoms. The van der Waals surface area contributed by atoms with Gasteiger partial charge in [0.2, 0.25) is 5.91 Å². The minimum absolute atomic E-state index is 0.146. The molecule has 1 atom stereocenters. The lowest BCUT2D eigenvalue weighted by atomic mass is 9.94. The normalized spacial score (nSPS) is 17.7. The first-order valence-corrected chi connectivity index (χ1v) is 11.0. The van der Waals surface area contributed by atoms with Crippen molar-refractivity contribution in [1.82, 2.24) is 14.9 Å². The second-order valence-electron chi connectivity index (χ2n) is 8.47. The molecule has 2 heterocycles. The zero-order valence-electron chi connectivity index (χ0n) is 18.8. The molecule has 1 aromatic heterocycles. The molecule has 1 amide bonds. The van der Waals surface area contributed by atoms with Crippen molar-refractivity contribution in [3.63, 3.8) is 0 Å². The van der Waals surface area contributed by atoms with Gasteiger partial charge in [0.25, 0.3) is 5.91 Å². The second kappa shape index (κ2) is 9.15. The maximum absolute atomic E-state index is 14.0. The Kier molecular flexibility index (Phi) is 6.42. The van der Waals surface area contributed by atoms with E-state index in [1.54, 1.807) is 31.3 Å². The summed E-state index contributed by atoms with van der Waals surface area (Å²) in [5.74, 6) is -1.81. The number of anilines is 1. The maximum Gasteiger partial charge on any atom is 0.253 e. The summed E-state index contributed by atoms with van der Waals surface area (Å²) in [6.07, 6.45) is 3.15. The summed E-state index contributed by atoms with van der Waals surface area (Å²) in [6.45, 7) is 3.59. The zero-order valence-corrected chi connectivity index (χ0v) is 19.6. The summed E-state index contributed by atoms with van der Waals surface area (Å²) in [6, 6.07) is 8.36. The van der Waals surface area contributed by atoms with Crippen molar-refractivity contribution in [3.8, 4) is 0 Å². The summed E-state index contributed by atoms with van der Waals surface area (Å²) < 4.78 is 34.2. The molecule has 1 aliphatic rings. The molecule has 0 spiro atoms. The third kappa shape index (κ3) is 4.41. The Hall–Kier alpha value is -3.30. The van der Waals surface area contributed by atoms with Crippen LogP contribution in [0.25, 0.3) is 11.0 Å². The number of benzene rings is 2. The van der Waals surface area contributed by atoms with Crippen LogP contribution in [0.3, 0.4) is 0 Å². The SMILES string of the molecule is CNCC(=O)n1cnc2cc(N3C(=O)C(Cl)C(OCc4ccc(F)cc4F)=CC3(C)C)ccc21. The molecule has 0 saturated heterocycles. The van der Waals surface area contributed by atoms with Gasteiger partial charge in [-0.3, -0.25) is 14.2 Å². The summed E-state index contributed by atoms with van der Waals surface area (Å²) in [5.41, 5.74) is 1.04. The third-order valence-electron chi connectivity index (χ3n) is 5.55. The van der Waals surface area contributed by atoms with Crippen LogP contribution >= 0.6 is 11.6 Å². The van der Waals surface area contributed by atoms with Gasteiger partial charge < -0.3 is 15.0 Å². The number of ether oxygens (including phenoxy) is 1. The van der Waals surface area contributed by atoms with Crippen molar-refractivity contribution in [3.05, 3.63) is 71.8 Å². The van der Waals surface area contributed by atoms with Gasteiger partial charge in [0.15, 0.2) is 5.38 Å². The number of amides is 1. The minimum atomic E-state index is -1.14. The molecular weight excluding hydrogens is 466 g/mol. The topological polar surface area (TPSA) is 76.5 Å². The van der Waals surface area contributed by atoms with Crippen LogP contribution in [0.2, 0.25) is 0 Å². The minimum Gasteiger partial charge on any atom is -0.491 e. The van der Waals surface area contributed by atoms with Crippen LogP contribution in [-0.2, 0) is 16.1 Å². The molecule has 10 heteroatoms. The van der Waals surface area contributed by atoms with E-state index in [0.29, 0.717) is 16.7 Å². The lowest BCUT2D eigenvalue weighted by Gasteiger charge is -2.41. The molecule has 0 fully saturated rings. The Bertz CT molecular complexity index is 1300. The number of carbonyl (C=O) groups is 2. The molecular formula is C24H23ClF2N4O3. The van der Waals surface area contributed by atoms with Gasteiger partial charge in [-0.2, -0.15) is 0 Å². The largest absolute Gasteiger partial charge is 0.491 e. The summed E-state index contributed by atoms with van der Waals surface area (Å²) in [5, 5.41) is 1.68. The average Bonchev–Trinajstić information content (AvgIpc) is 3.20. The number of alkyl halides is 1. The van der Waals surface area contributed by atoms with E-state index in [0.717, 1.165) is 12.1 Å². The van der Waals surface area contributed by atoms with E-state index in [2.05, 4.69) is 10.3 Å². The average molecular weight is 489 g/mol. The van der Waals surface area contributed by atoms with E-state index >= 15 is 0 Å². The number of nitrogens with one attached hydrogen (secondary N) is 1. The quantitative estimate of drug-likeness (QED) is 0.531. The van der Waals surface area contributed by atoms with Gasteiger partial charge in [0.05, 0.1) is 23.1 Å². The van der Waals surface area contributed by atoms with E-state index in [4.69, 9.17) is 16.3 Å². The zero-order chi connectivity index (χ0) is 24.6. The van der Waals surface area contributed by atoms with E-state index in [1.807, 2.05) is 13.8 Å². The number of imidazole rings is 1. The lowest BCUT2D eigenvalue weighted by molar-refractivity contribution is -0.119. The monoisotopic (exact) mass is 488 g/mol. The first-order valence-electron chi connectivity index (χ1n) is 10.5. The van der Waals surface area contributed by atoms with Gasteiger partial charge in [0.1, 0.15) is 30.3 Å². The summed E-state index contributed by atoms with van der Waals surface area (Å²) in [7, 11) is 1.68. The Labute approximate surface area is 200 Å².